The van der Waals surface area contributed by atoms with Crippen LogP contribution in [0.25, 0.3) is 0 Å². The number of nitrogens with one attached hydrogen (secondary N) is 2. The molecule has 0 saturated carbocycles. The molecule has 0 radical (unpaired) electrons. The molecule has 6 nitrogen and oxygen atoms in total. The van der Waals surface area contributed by atoms with Crippen molar-refractivity contribution in [1.82, 2.24) is 4.72 Å². The molecule has 0 aromatic heterocycles. The molecule has 3 rings (SSSR count). The lowest BCUT2D eigenvalue weighted by Gasteiger charge is -2.19. The van der Waals surface area contributed by atoms with E-state index in [-0.39, 0.29) is 11.3 Å². The van der Waals surface area contributed by atoms with Gasteiger partial charge in [0.15, 0.2) is 0 Å². The zero-order valence-electron chi connectivity index (χ0n) is 17.1. The number of carbonyl (C=O) groups is 1. The minimum atomic E-state index is -3.97. The highest BCUT2D eigenvalue weighted by Gasteiger charge is 2.27. The van der Waals surface area contributed by atoms with Crippen molar-refractivity contribution < 1.29 is 17.9 Å². The van der Waals surface area contributed by atoms with E-state index in [0.29, 0.717) is 22.0 Å². The molecule has 0 saturated heterocycles. The number of sulfonamides is 1. The molecule has 0 bridgehead atoms. The number of hydrogen-bond acceptors (Lipinski definition) is 4. The summed E-state index contributed by atoms with van der Waals surface area (Å²) in [5.41, 5.74) is 1.90. The van der Waals surface area contributed by atoms with Gasteiger partial charge < -0.3 is 10.1 Å². The van der Waals surface area contributed by atoms with Crippen molar-refractivity contribution in [3.63, 3.8) is 0 Å². The molecule has 0 spiro atoms. The van der Waals surface area contributed by atoms with Crippen LogP contribution in [-0.4, -0.2) is 27.5 Å². The fraction of sp³-hybridized carbons (Fsp3) is 0.174. The number of methoxy groups -OCH3 is 1. The molecule has 3 aromatic rings. The molecule has 0 aliphatic carbocycles. The van der Waals surface area contributed by atoms with Crippen molar-refractivity contribution in [2.75, 3.05) is 12.4 Å². The number of ether oxygens (including phenoxy) is 1. The fourth-order valence-electron chi connectivity index (χ4n) is 3.09. The molecule has 0 aliphatic heterocycles. The Morgan fingerprint density at radius 2 is 1.71 bits per heavy atom. The number of anilines is 1. The maximum absolute atomic E-state index is 13.1. The second-order valence-electron chi connectivity index (χ2n) is 6.96. The van der Waals surface area contributed by atoms with E-state index in [0.717, 1.165) is 5.56 Å². The van der Waals surface area contributed by atoms with E-state index in [2.05, 4.69) is 10.0 Å². The van der Waals surface area contributed by atoms with Crippen LogP contribution in [0.4, 0.5) is 5.69 Å². The quantitative estimate of drug-likeness (QED) is 0.530. The Hall–Kier alpha value is -2.87. The van der Waals surface area contributed by atoms with Crippen molar-refractivity contribution in [3.8, 4) is 5.75 Å². The Bertz CT molecular complexity index is 1170. The van der Waals surface area contributed by atoms with Crippen molar-refractivity contribution >= 4 is 33.2 Å². The summed E-state index contributed by atoms with van der Waals surface area (Å²) in [6.07, 6.45) is 0.172. The lowest BCUT2D eigenvalue weighted by atomic mass is 10.1. The van der Waals surface area contributed by atoms with E-state index in [9.17, 15) is 13.2 Å². The summed E-state index contributed by atoms with van der Waals surface area (Å²) in [4.78, 5) is 13.1. The molecule has 8 heteroatoms. The van der Waals surface area contributed by atoms with E-state index < -0.39 is 22.0 Å². The zero-order valence-corrected chi connectivity index (χ0v) is 18.7. The van der Waals surface area contributed by atoms with Gasteiger partial charge in [-0.3, -0.25) is 4.79 Å². The third-order valence-electron chi connectivity index (χ3n) is 4.70. The molecule has 1 atom stereocenters. The highest BCUT2D eigenvalue weighted by molar-refractivity contribution is 7.89. The van der Waals surface area contributed by atoms with Crippen LogP contribution in [0, 0.1) is 6.92 Å². The van der Waals surface area contributed by atoms with Crippen molar-refractivity contribution in [3.05, 3.63) is 88.9 Å². The van der Waals surface area contributed by atoms with Gasteiger partial charge in [0.25, 0.3) is 0 Å². The first-order valence-corrected chi connectivity index (χ1v) is 11.4. The molecule has 0 heterocycles. The summed E-state index contributed by atoms with van der Waals surface area (Å²) < 4.78 is 33.8. The maximum atomic E-state index is 13.1. The number of para-hydroxylation sites is 1. The number of halogens is 1. The van der Waals surface area contributed by atoms with Crippen molar-refractivity contribution in [2.24, 2.45) is 0 Å². The molecule has 0 aliphatic rings. The van der Waals surface area contributed by atoms with Crippen LogP contribution < -0.4 is 14.8 Å². The van der Waals surface area contributed by atoms with Gasteiger partial charge in [-0.25, -0.2) is 8.42 Å². The second-order valence-corrected chi connectivity index (χ2v) is 9.09. The van der Waals surface area contributed by atoms with E-state index in [4.69, 9.17) is 16.3 Å². The standard InChI is InChI=1S/C23H23ClN2O4S/c1-16-14-18(12-13-22(16)30-2)31(28,29)26-21(15-17-8-4-3-5-9-17)23(27)25-20-11-7-6-10-19(20)24/h3-14,21,26H,15H2,1-2H3,(H,25,27)/t21-/m1/s1. The van der Waals surface area contributed by atoms with Gasteiger partial charge in [0, 0.05) is 0 Å². The van der Waals surface area contributed by atoms with E-state index in [1.165, 1.54) is 19.2 Å². The molecule has 2 N–H and O–H groups in total. The SMILES string of the molecule is COc1ccc(S(=O)(=O)N[C@H](Cc2ccccc2)C(=O)Nc2ccccc2Cl)cc1C. The van der Waals surface area contributed by atoms with Gasteiger partial charge in [-0.1, -0.05) is 54.1 Å². The Morgan fingerprint density at radius 3 is 2.35 bits per heavy atom. The monoisotopic (exact) mass is 458 g/mol. The number of rotatable bonds is 8. The van der Waals surface area contributed by atoms with Gasteiger partial charge in [0.05, 0.1) is 22.7 Å². The molecular formula is C23H23ClN2O4S. The Balaban J connectivity index is 1.89. The van der Waals surface area contributed by atoms with Gasteiger partial charge in [0.2, 0.25) is 15.9 Å². The number of hydrogen-bond donors (Lipinski definition) is 2. The van der Waals surface area contributed by atoms with E-state index in [1.54, 1.807) is 37.3 Å². The molecule has 0 unspecified atom stereocenters. The van der Waals surface area contributed by atoms with E-state index in [1.807, 2.05) is 30.3 Å². The Kier molecular flexibility index (Phi) is 7.33. The lowest BCUT2D eigenvalue weighted by Crippen LogP contribution is -2.45. The molecule has 0 fully saturated rings. The van der Waals surface area contributed by atoms with Crippen LogP contribution in [0.2, 0.25) is 5.02 Å². The van der Waals surface area contributed by atoms with Crippen LogP contribution in [-0.2, 0) is 21.2 Å². The van der Waals surface area contributed by atoms with Crippen LogP contribution >= 0.6 is 11.6 Å². The zero-order chi connectivity index (χ0) is 22.4. The van der Waals surface area contributed by atoms with Gasteiger partial charge >= 0.3 is 0 Å². The highest BCUT2D eigenvalue weighted by Crippen LogP contribution is 2.23. The van der Waals surface area contributed by atoms with Crippen molar-refractivity contribution in [2.45, 2.75) is 24.3 Å². The fourth-order valence-corrected chi connectivity index (χ4v) is 4.56. The molecule has 31 heavy (non-hydrogen) atoms. The minimum Gasteiger partial charge on any atom is -0.496 e. The first-order chi connectivity index (χ1) is 14.8. The largest absolute Gasteiger partial charge is 0.496 e. The van der Waals surface area contributed by atoms with Gasteiger partial charge in [0.1, 0.15) is 11.8 Å². The normalized spacial score (nSPS) is 12.2. The van der Waals surface area contributed by atoms with Crippen LogP contribution in [0.1, 0.15) is 11.1 Å². The first kappa shape index (κ1) is 22.8. The topological polar surface area (TPSA) is 84.5 Å². The Labute approximate surface area is 187 Å². The highest BCUT2D eigenvalue weighted by atomic mass is 35.5. The average molecular weight is 459 g/mol. The third kappa shape index (κ3) is 5.85. The van der Waals surface area contributed by atoms with Gasteiger partial charge in [-0.05, 0) is 54.8 Å². The van der Waals surface area contributed by atoms with Crippen LogP contribution in [0.15, 0.2) is 77.7 Å². The second kappa shape index (κ2) is 9.96. The van der Waals surface area contributed by atoms with Crippen LogP contribution in [0.3, 0.4) is 0 Å². The maximum Gasteiger partial charge on any atom is 0.242 e. The summed E-state index contributed by atoms with van der Waals surface area (Å²) in [6.45, 7) is 1.75. The predicted molar refractivity (Wildman–Crippen MR) is 122 cm³/mol. The summed E-state index contributed by atoms with van der Waals surface area (Å²) in [5.74, 6) is 0.0713. The van der Waals surface area contributed by atoms with Gasteiger partial charge in [-0.2, -0.15) is 4.72 Å². The number of aryl methyl sites for hydroxylation is 1. The molecule has 162 valence electrons. The smallest absolute Gasteiger partial charge is 0.242 e. The van der Waals surface area contributed by atoms with Crippen LogP contribution in [0.5, 0.6) is 5.75 Å². The summed E-state index contributed by atoms with van der Waals surface area (Å²) in [6, 6.07) is 19.5. The predicted octanol–water partition coefficient (Wildman–Crippen LogP) is 4.19. The number of benzene rings is 3. The number of amides is 1. The molecule has 1 amide bonds. The van der Waals surface area contributed by atoms with Gasteiger partial charge in [-0.15, -0.1) is 0 Å². The summed E-state index contributed by atoms with van der Waals surface area (Å²) in [5, 5.41) is 3.08. The average Bonchev–Trinajstić information content (AvgIpc) is 2.75. The number of carbonyl (C=O) groups excluding carboxylic acids is 1. The molecular weight excluding hydrogens is 436 g/mol. The molecule has 3 aromatic carbocycles. The van der Waals surface area contributed by atoms with E-state index >= 15 is 0 Å². The Morgan fingerprint density at radius 1 is 1.03 bits per heavy atom. The summed E-state index contributed by atoms with van der Waals surface area (Å²) >= 11 is 6.14. The third-order valence-corrected chi connectivity index (χ3v) is 6.50. The first-order valence-electron chi connectivity index (χ1n) is 9.56. The minimum absolute atomic E-state index is 0.0504. The van der Waals surface area contributed by atoms with Crippen molar-refractivity contribution in [1.29, 1.82) is 0 Å². The summed E-state index contributed by atoms with van der Waals surface area (Å²) in [7, 11) is -2.46. The lowest BCUT2D eigenvalue weighted by molar-refractivity contribution is -0.117.